The molecule has 0 fully saturated rings. The van der Waals surface area contributed by atoms with Gasteiger partial charge in [0.25, 0.3) is 0 Å². The van der Waals surface area contributed by atoms with Gasteiger partial charge in [0, 0.05) is 49.4 Å². The molecule has 0 atom stereocenters. The number of benzene rings is 13. The van der Waals surface area contributed by atoms with Crippen LogP contribution in [0, 0.1) is 39.0 Å². The van der Waals surface area contributed by atoms with Crippen LogP contribution >= 0.6 is 0 Å². The molecule has 0 unspecified atom stereocenters. The number of hydrogen-bond donors (Lipinski definition) is 0. The second kappa shape index (κ2) is 22.8. The fourth-order valence-corrected chi connectivity index (χ4v) is 13.2. The van der Waals surface area contributed by atoms with Crippen LogP contribution in [-0.2, 0) is 0 Å². The molecular formula is C86H60N6. The van der Waals surface area contributed by atoms with Crippen LogP contribution < -0.4 is 0 Å². The van der Waals surface area contributed by atoms with E-state index in [1.54, 1.807) is 0 Å². The van der Waals surface area contributed by atoms with Crippen LogP contribution in [0.2, 0.25) is 0 Å². The Kier molecular flexibility index (Phi) is 13.7. The molecule has 0 aliphatic heterocycles. The van der Waals surface area contributed by atoms with Crippen molar-refractivity contribution in [2.45, 2.75) is 27.7 Å². The van der Waals surface area contributed by atoms with Crippen LogP contribution in [0.5, 0.6) is 0 Å². The molecule has 0 N–H and O–H groups in total. The summed E-state index contributed by atoms with van der Waals surface area (Å²) in [6, 6.07) is 107. The lowest BCUT2D eigenvalue weighted by molar-refractivity contribution is 1.07. The van der Waals surface area contributed by atoms with E-state index in [-0.39, 0.29) is 0 Å². The van der Waals surface area contributed by atoms with E-state index in [0.717, 1.165) is 138 Å². The molecule has 6 heteroatoms. The predicted molar refractivity (Wildman–Crippen MR) is 381 cm³/mol. The number of nitrogens with zero attached hydrogens (tertiary/aromatic N) is 6. The molecule has 0 radical (unpaired) electrons. The molecule has 92 heavy (non-hydrogen) atoms. The first-order valence-corrected chi connectivity index (χ1v) is 31.3. The average molecular weight is 1180 g/mol. The van der Waals surface area contributed by atoms with Gasteiger partial charge in [0.15, 0.2) is 17.5 Å². The smallest absolute Gasteiger partial charge is 0.164 e. The maximum absolute atomic E-state index is 10.8. The van der Waals surface area contributed by atoms with E-state index in [4.69, 9.17) is 15.0 Å². The van der Waals surface area contributed by atoms with Crippen molar-refractivity contribution in [2.24, 2.45) is 0 Å². The van der Waals surface area contributed by atoms with E-state index >= 15 is 0 Å². The monoisotopic (exact) mass is 1180 g/mol. The standard InChI is InChI=1S/C86H60N6/c1-54-19-27-58(28-20-54)64-36-42-79-74(47-64)75-48-65(59-29-21-55(2)22-30-59)37-43-80(75)91(79)78-46-40-69(86-89-84(62-13-7-5-8-14-62)88-85(90-86)63-15-9-6-10-16-63)51-73(78)72-41-35-68(71-18-12-11-17-70(71)53-87)52-83(72)92-81-44-38-66(60-31-23-56(3)24-32-60)49-76(81)77-50-67(39-45-82(77)92)61-33-25-57(4)26-34-61/h5-52H,1-4H3. The van der Waals surface area contributed by atoms with Gasteiger partial charge in [0.05, 0.1) is 45.1 Å². The van der Waals surface area contributed by atoms with Crippen molar-refractivity contribution in [3.05, 3.63) is 319 Å². The Morgan fingerprint density at radius 2 is 0.587 bits per heavy atom. The van der Waals surface area contributed by atoms with Gasteiger partial charge in [-0.25, -0.2) is 15.0 Å². The van der Waals surface area contributed by atoms with Crippen LogP contribution in [0.25, 0.3) is 156 Å². The first kappa shape index (κ1) is 55.3. The van der Waals surface area contributed by atoms with Gasteiger partial charge in [0.2, 0.25) is 0 Å². The molecule has 434 valence electrons. The highest BCUT2D eigenvalue weighted by Gasteiger charge is 2.25. The number of aryl methyl sites for hydroxylation is 4. The van der Waals surface area contributed by atoms with Gasteiger partial charge in [0.1, 0.15) is 0 Å². The highest BCUT2D eigenvalue weighted by Crippen LogP contribution is 2.46. The molecule has 13 aromatic carbocycles. The van der Waals surface area contributed by atoms with Crippen LogP contribution in [-0.4, -0.2) is 24.1 Å². The highest BCUT2D eigenvalue weighted by atomic mass is 15.0. The summed E-state index contributed by atoms with van der Waals surface area (Å²) in [5, 5.41) is 15.3. The van der Waals surface area contributed by atoms with Gasteiger partial charge >= 0.3 is 0 Å². The Hall–Kier alpha value is -12.0. The summed E-state index contributed by atoms with van der Waals surface area (Å²) in [5.74, 6) is 1.71. The van der Waals surface area contributed by atoms with Gasteiger partial charge in [-0.1, -0.05) is 235 Å². The molecule has 0 spiro atoms. The number of fused-ring (bicyclic) bond motifs is 6. The second-order valence-electron chi connectivity index (χ2n) is 24.2. The first-order valence-electron chi connectivity index (χ1n) is 31.3. The molecule has 0 amide bonds. The van der Waals surface area contributed by atoms with Crippen molar-refractivity contribution >= 4 is 43.6 Å². The van der Waals surface area contributed by atoms with E-state index in [0.29, 0.717) is 23.0 Å². The highest BCUT2D eigenvalue weighted by molar-refractivity contribution is 6.14. The van der Waals surface area contributed by atoms with Crippen LogP contribution in [0.3, 0.4) is 0 Å². The summed E-state index contributed by atoms with van der Waals surface area (Å²) in [6.07, 6.45) is 0. The number of hydrogen-bond acceptors (Lipinski definition) is 4. The largest absolute Gasteiger partial charge is 0.309 e. The Balaban J connectivity index is 1.02. The fraction of sp³-hybridized carbons (Fsp3) is 0.0465. The van der Waals surface area contributed by atoms with Crippen LogP contribution in [0.1, 0.15) is 27.8 Å². The molecule has 0 aliphatic rings. The first-order chi connectivity index (χ1) is 45.2. The number of nitriles is 1. The Bertz CT molecular complexity index is 5310. The third kappa shape index (κ3) is 9.99. The third-order valence-corrected chi connectivity index (χ3v) is 18.2. The van der Waals surface area contributed by atoms with Gasteiger partial charge in [-0.2, -0.15) is 5.26 Å². The summed E-state index contributed by atoms with van der Waals surface area (Å²) < 4.78 is 4.90. The third-order valence-electron chi connectivity index (χ3n) is 18.2. The molecule has 3 aromatic heterocycles. The molecule has 0 saturated heterocycles. The van der Waals surface area contributed by atoms with Gasteiger partial charge in [-0.05, 0) is 162 Å². The SMILES string of the molecule is Cc1ccc(-c2ccc3c(c2)c2cc(-c4ccc(C)cc4)ccc2n3-c2ccc(-c3nc(-c4ccccc4)nc(-c4ccccc4)n3)cc2-c2ccc(-c3ccccc3C#N)cc2-n2c3ccc(-c4ccc(C)cc4)cc3c3cc(-c4ccc(C)cc4)ccc32)cc1. The zero-order chi connectivity index (χ0) is 62.0. The van der Waals surface area contributed by atoms with E-state index < -0.39 is 0 Å². The molecule has 3 heterocycles. The lowest BCUT2D eigenvalue weighted by atomic mass is 9.93. The normalized spacial score (nSPS) is 11.5. The zero-order valence-electron chi connectivity index (χ0n) is 51.4. The maximum Gasteiger partial charge on any atom is 0.164 e. The molecule has 0 bridgehead atoms. The number of rotatable bonds is 11. The Morgan fingerprint density at radius 3 is 0.989 bits per heavy atom. The van der Waals surface area contributed by atoms with E-state index in [1.807, 2.05) is 54.6 Å². The minimum atomic E-state index is 0.545. The van der Waals surface area contributed by atoms with Gasteiger partial charge in [-0.3, -0.25) is 0 Å². The summed E-state index contributed by atoms with van der Waals surface area (Å²) in [6.45, 7) is 8.54. The average Bonchev–Trinajstić information content (AvgIpc) is 1.59. The topological polar surface area (TPSA) is 72.3 Å². The Morgan fingerprint density at radius 1 is 0.250 bits per heavy atom. The predicted octanol–water partition coefficient (Wildman–Crippen LogP) is 22.2. The lowest BCUT2D eigenvalue weighted by Crippen LogP contribution is -2.04. The minimum Gasteiger partial charge on any atom is -0.309 e. The van der Waals surface area contributed by atoms with Crippen molar-refractivity contribution in [1.29, 1.82) is 5.26 Å². The molecule has 16 aromatic rings. The lowest BCUT2D eigenvalue weighted by Gasteiger charge is -2.21. The van der Waals surface area contributed by atoms with Crippen LogP contribution in [0.4, 0.5) is 0 Å². The summed E-state index contributed by atoms with van der Waals surface area (Å²) in [4.78, 5) is 15.8. The molecule has 0 aliphatic carbocycles. The summed E-state index contributed by atoms with van der Waals surface area (Å²) in [7, 11) is 0. The zero-order valence-corrected chi connectivity index (χ0v) is 51.4. The van der Waals surface area contributed by atoms with Crippen molar-refractivity contribution < 1.29 is 0 Å². The van der Waals surface area contributed by atoms with E-state index in [2.05, 4.69) is 279 Å². The van der Waals surface area contributed by atoms with Gasteiger partial charge < -0.3 is 9.13 Å². The van der Waals surface area contributed by atoms with Crippen molar-refractivity contribution in [2.75, 3.05) is 0 Å². The van der Waals surface area contributed by atoms with Crippen LogP contribution in [0.15, 0.2) is 291 Å². The summed E-state index contributed by atoms with van der Waals surface area (Å²) in [5.41, 5.74) is 27.1. The fourth-order valence-electron chi connectivity index (χ4n) is 13.2. The minimum absolute atomic E-state index is 0.545. The van der Waals surface area contributed by atoms with Crippen molar-refractivity contribution in [3.8, 4) is 118 Å². The number of aromatic nitrogens is 5. The molecule has 16 rings (SSSR count). The quantitative estimate of drug-likeness (QED) is 0.129. The summed E-state index contributed by atoms with van der Waals surface area (Å²) >= 11 is 0. The van der Waals surface area contributed by atoms with Gasteiger partial charge in [-0.15, -0.1) is 0 Å². The molecule has 6 nitrogen and oxygen atoms in total. The van der Waals surface area contributed by atoms with E-state index in [1.165, 1.54) is 22.3 Å². The maximum atomic E-state index is 10.8. The van der Waals surface area contributed by atoms with Crippen molar-refractivity contribution in [1.82, 2.24) is 24.1 Å². The Labute approximate surface area is 535 Å². The molecular weight excluding hydrogens is 1120 g/mol. The van der Waals surface area contributed by atoms with Crippen molar-refractivity contribution in [3.63, 3.8) is 0 Å². The van der Waals surface area contributed by atoms with E-state index in [9.17, 15) is 5.26 Å². The second-order valence-corrected chi connectivity index (χ2v) is 24.2. The molecule has 0 saturated carbocycles.